The van der Waals surface area contributed by atoms with E-state index in [0.717, 1.165) is 40.5 Å². The highest BCUT2D eigenvalue weighted by Crippen LogP contribution is 2.38. The van der Waals surface area contributed by atoms with Gasteiger partial charge in [0.05, 0.1) is 25.4 Å². The Labute approximate surface area is 210 Å². The predicted octanol–water partition coefficient (Wildman–Crippen LogP) is 6.36. The van der Waals surface area contributed by atoms with Crippen molar-refractivity contribution in [3.05, 3.63) is 59.3 Å². The van der Waals surface area contributed by atoms with Crippen LogP contribution in [0.5, 0.6) is 5.75 Å². The maximum absolute atomic E-state index is 13.1. The number of halogens is 1. The van der Waals surface area contributed by atoms with E-state index in [1.807, 2.05) is 50.2 Å². The fourth-order valence-corrected chi connectivity index (χ4v) is 4.60. The molecule has 1 aliphatic heterocycles. The Balaban J connectivity index is 1.65. The van der Waals surface area contributed by atoms with Crippen molar-refractivity contribution < 1.29 is 23.5 Å². The summed E-state index contributed by atoms with van der Waals surface area (Å²) < 4.78 is 16.9. The molecule has 2 aromatic carbocycles. The Hall–Kier alpha value is -3.25. The summed E-state index contributed by atoms with van der Waals surface area (Å²) in [5.41, 5.74) is 4.23. The standard InChI is InChI=1S/C28H30ClNO5/c1-4-33-25-15-26-23(24(17-35-26)19-8-10-21(29)11-9-19)14-22(25)18(3)13-27(31)30-12-6-7-20(16-30)28(32)34-5-2/h8-11,13-15,17,20H,4-7,12,16H2,1-3H3/b18-13+. The molecule has 1 unspecified atom stereocenters. The van der Waals surface area contributed by atoms with Gasteiger partial charge in [-0.05, 0) is 62.9 Å². The number of hydrogen-bond donors (Lipinski definition) is 0. The van der Waals surface area contributed by atoms with E-state index >= 15 is 0 Å². The van der Waals surface area contributed by atoms with Gasteiger partial charge in [-0.15, -0.1) is 0 Å². The topological polar surface area (TPSA) is 69.0 Å². The zero-order valence-electron chi connectivity index (χ0n) is 20.3. The third-order valence-electron chi connectivity index (χ3n) is 6.25. The van der Waals surface area contributed by atoms with Crippen molar-refractivity contribution in [1.29, 1.82) is 0 Å². The normalized spacial score (nSPS) is 16.4. The number of carbonyl (C=O) groups is 2. The number of allylic oxidation sites excluding steroid dienone is 1. The Morgan fingerprint density at radius 3 is 2.66 bits per heavy atom. The Kier molecular flexibility index (Phi) is 7.81. The average Bonchev–Trinajstić information content (AvgIpc) is 3.27. The van der Waals surface area contributed by atoms with E-state index in [1.54, 1.807) is 24.2 Å². The van der Waals surface area contributed by atoms with Crippen molar-refractivity contribution in [2.45, 2.75) is 33.6 Å². The lowest BCUT2D eigenvalue weighted by Gasteiger charge is -2.31. The van der Waals surface area contributed by atoms with Crippen LogP contribution in [0.15, 0.2) is 53.2 Å². The van der Waals surface area contributed by atoms with Crippen molar-refractivity contribution in [3.63, 3.8) is 0 Å². The minimum Gasteiger partial charge on any atom is -0.493 e. The quantitative estimate of drug-likeness (QED) is 0.282. The van der Waals surface area contributed by atoms with Gasteiger partial charge in [0.1, 0.15) is 11.3 Å². The Morgan fingerprint density at radius 1 is 1.17 bits per heavy atom. The molecule has 6 nitrogen and oxygen atoms in total. The number of hydrogen-bond acceptors (Lipinski definition) is 5. The van der Waals surface area contributed by atoms with Gasteiger partial charge in [0.15, 0.2) is 0 Å². The van der Waals surface area contributed by atoms with Gasteiger partial charge in [-0.1, -0.05) is 23.7 Å². The molecule has 1 aliphatic rings. The number of piperidine rings is 1. The van der Waals surface area contributed by atoms with Gasteiger partial charge in [-0.3, -0.25) is 9.59 Å². The second kappa shape index (κ2) is 11.0. The predicted molar refractivity (Wildman–Crippen MR) is 137 cm³/mol. The third-order valence-corrected chi connectivity index (χ3v) is 6.50. The molecule has 0 spiro atoms. The fraction of sp³-hybridized carbons (Fsp3) is 0.357. The highest BCUT2D eigenvalue weighted by molar-refractivity contribution is 6.30. The second-order valence-corrected chi connectivity index (χ2v) is 9.07. The molecule has 0 radical (unpaired) electrons. The lowest BCUT2D eigenvalue weighted by Crippen LogP contribution is -2.42. The van der Waals surface area contributed by atoms with Gasteiger partial charge in [0, 0.05) is 46.8 Å². The number of furan rings is 1. The molecule has 1 fully saturated rings. The van der Waals surface area contributed by atoms with Gasteiger partial charge in [0.2, 0.25) is 5.91 Å². The van der Waals surface area contributed by atoms with Crippen molar-refractivity contribution in [2.75, 3.05) is 26.3 Å². The highest BCUT2D eigenvalue weighted by atomic mass is 35.5. The summed E-state index contributed by atoms with van der Waals surface area (Å²) in [6.07, 6.45) is 4.86. The summed E-state index contributed by atoms with van der Waals surface area (Å²) in [7, 11) is 0. The summed E-state index contributed by atoms with van der Waals surface area (Å²) in [5.74, 6) is 0.0276. The fourth-order valence-electron chi connectivity index (χ4n) is 4.48. The lowest BCUT2D eigenvalue weighted by atomic mass is 9.97. The van der Waals surface area contributed by atoms with Crippen molar-refractivity contribution in [1.82, 2.24) is 4.90 Å². The van der Waals surface area contributed by atoms with Gasteiger partial charge in [0.25, 0.3) is 0 Å². The zero-order valence-corrected chi connectivity index (χ0v) is 21.1. The van der Waals surface area contributed by atoms with Crippen molar-refractivity contribution >= 4 is 40.0 Å². The molecule has 35 heavy (non-hydrogen) atoms. The maximum atomic E-state index is 13.1. The summed E-state index contributed by atoms with van der Waals surface area (Å²) in [5, 5.41) is 1.59. The zero-order chi connectivity index (χ0) is 24.9. The number of amides is 1. The molecule has 0 bridgehead atoms. The van der Waals surface area contributed by atoms with E-state index in [1.165, 1.54) is 0 Å². The molecule has 7 heteroatoms. The lowest BCUT2D eigenvalue weighted by molar-refractivity contribution is -0.150. The molecule has 3 aromatic rings. The number of likely N-dealkylation sites (tertiary alicyclic amines) is 1. The van der Waals surface area contributed by atoms with Crippen LogP contribution in [0.4, 0.5) is 0 Å². The molecule has 4 rings (SSSR count). The molecule has 0 aliphatic carbocycles. The SMILES string of the molecule is CCOC(=O)C1CCCN(C(=O)/C=C(\C)c2cc3c(-c4ccc(Cl)cc4)coc3cc2OCC)C1. The molecule has 1 atom stereocenters. The van der Waals surface area contributed by atoms with E-state index in [4.69, 9.17) is 25.5 Å². The van der Waals surface area contributed by atoms with Gasteiger partial charge in [-0.2, -0.15) is 0 Å². The van der Waals surface area contributed by atoms with Crippen LogP contribution in [0.25, 0.3) is 27.7 Å². The molecule has 1 amide bonds. The molecule has 184 valence electrons. The first-order valence-electron chi connectivity index (χ1n) is 12.0. The van der Waals surface area contributed by atoms with Crippen LogP contribution in [-0.2, 0) is 14.3 Å². The summed E-state index contributed by atoms with van der Waals surface area (Å²) in [4.78, 5) is 27.0. The average molecular weight is 496 g/mol. The van der Waals surface area contributed by atoms with Crippen LogP contribution in [0.3, 0.4) is 0 Å². The summed E-state index contributed by atoms with van der Waals surface area (Å²) in [6, 6.07) is 11.5. The van der Waals surface area contributed by atoms with Crippen LogP contribution >= 0.6 is 11.6 Å². The Morgan fingerprint density at radius 2 is 1.94 bits per heavy atom. The van der Waals surface area contributed by atoms with Crippen LogP contribution in [0.1, 0.15) is 39.2 Å². The number of rotatable bonds is 7. The van der Waals surface area contributed by atoms with Gasteiger partial charge in [-0.25, -0.2) is 0 Å². The van der Waals surface area contributed by atoms with E-state index < -0.39 is 0 Å². The van der Waals surface area contributed by atoms with E-state index in [9.17, 15) is 9.59 Å². The largest absolute Gasteiger partial charge is 0.493 e. The first-order chi connectivity index (χ1) is 16.9. The number of ether oxygens (including phenoxy) is 2. The first-order valence-corrected chi connectivity index (χ1v) is 12.4. The first kappa shape index (κ1) is 24.9. The number of carbonyl (C=O) groups excluding carboxylic acids is 2. The minimum atomic E-state index is -0.274. The number of nitrogens with zero attached hydrogens (tertiary/aromatic N) is 1. The molecule has 1 aromatic heterocycles. The smallest absolute Gasteiger partial charge is 0.310 e. The minimum absolute atomic E-state index is 0.121. The molecule has 1 saturated heterocycles. The van der Waals surface area contributed by atoms with Crippen LogP contribution < -0.4 is 4.74 Å². The van der Waals surface area contributed by atoms with E-state index in [2.05, 4.69) is 0 Å². The second-order valence-electron chi connectivity index (χ2n) is 8.64. The number of fused-ring (bicyclic) bond motifs is 1. The van der Waals surface area contributed by atoms with Crippen LogP contribution in [-0.4, -0.2) is 43.1 Å². The van der Waals surface area contributed by atoms with Crippen LogP contribution in [0, 0.1) is 5.92 Å². The highest BCUT2D eigenvalue weighted by Gasteiger charge is 2.29. The van der Waals surface area contributed by atoms with Crippen molar-refractivity contribution in [2.24, 2.45) is 5.92 Å². The third kappa shape index (κ3) is 5.54. The molecule has 0 saturated carbocycles. The van der Waals surface area contributed by atoms with Crippen LogP contribution in [0.2, 0.25) is 5.02 Å². The number of esters is 1. The Bertz CT molecular complexity index is 1240. The molecular weight excluding hydrogens is 466 g/mol. The molecule has 0 N–H and O–H groups in total. The van der Waals surface area contributed by atoms with Gasteiger partial charge >= 0.3 is 5.97 Å². The maximum Gasteiger partial charge on any atom is 0.310 e. The molecular formula is C28H30ClNO5. The monoisotopic (exact) mass is 495 g/mol. The molecule has 2 heterocycles. The van der Waals surface area contributed by atoms with E-state index in [0.29, 0.717) is 42.7 Å². The van der Waals surface area contributed by atoms with Crippen molar-refractivity contribution in [3.8, 4) is 16.9 Å². The van der Waals surface area contributed by atoms with Gasteiger partial charge < -0.3 is 18.8 Å². The summed E-state index contributed by atoms with van der Waals surface area (Å²) >= 11 is 6.06. The van der Waals surface area contributed by atoms with E-state index in [-0.39, 0.29) is 17.8 Å². The number of benzene rings is 2. The summed E-state index contributed by atoms with van der Waals surface area (Å²) in [6.45, 7) is 7.44.